The van der Waals surface area contributed by atoms with E-state index in [1.54, 1.807) is 0 Å². The number of imidazole rings is 1. The maximum absolute atomic E-state index is 13.3. The Bertz CT molecular complexity index is 622. The Morgan fingerprint density at radius 3 is 2.59 bits per heavy atom. The van der Waals surface area contributed by atoms with Crippen molar-refractivity contribution >= 4 is 11.0 Å². The highest BCUT2D eigenvalue weighted by atomic mass is 19.2. The van der Waals surface area contributed by atoms with E-state index in [-0.39, 0.29) is 6.04 Å². The summed E-state index contributed by atoms with van der Waals surface area (Å²) in [5.74, 6) is -0.956. The summed E-state index contributed by atoms with van der Waals surface area (Å²) in [5, 5.41) is 0. The van der Waals surface area contributed by atoms with Gasteiger partial charge in [-0.2, -0.15) is 0 Å². The van der Waals surface area contributed by atoms with Crippen LogP contribution in [0.25, 0.3) is 11.0 Å². The summed E-state index contributed by atoms with van der Waals surface area (Å²) < 4.78 is 26.6. The first-order valence-corrected chi connectivity index (χ1v) is 7.71. The van der Waals surface area contributed by atoms with Crippen LogP contribution in [0.4, 0.5) is 8.78 Å². The second-order valence-electron chi connectivity index (χ2n) is 6.28. The van der Waals surface area contributed by atoms with Crippen LogP contribution in [-0.4, -0.2) is 53.0 Å². The molecule has 0 saturated carbocycles. The zero-order valence-corrected chi connectivity index (χ0v) is 13.2. The molecule has 1 aromatic carbocycles. The Labute approximate surface area is 129 Å². The van der Waals surface area contributed by atoms with Gasteiger partial charge < -0.3 is 9.88 Å². The van der Waals surface area contributed by atoms with Crippen molar-refractivity contribution in [2.24, 2.45) is 0 Å². The molecule has 0 amide bonds. The number of fused-ring (bicyclic) bond motifs is 1. The van der Waals surface area contributed by atoms with Crippen molar-refractivity contribution in [1.82, 2.24) is 19.8 Å². The molecule has 1 aromatic heterocycles. The third-order valence-electron chi connectivity index (χ3n) is 4.81. The number of nitrogens with one attached hydrogen (secondary N) is 1. The average Bonchev–Trinajstić information content (AvgIpc) is 2.90. The quantitative estimate of drug-likeness (QED) is 0.947. The van der Waals surface area contributed by atoms with Gasteiger partial charge in [0.2, 0.25) is 0 Å². The van der Waals surface area contributed by atoms with Crippen LogP contribution in [0.1, 0.15) is 31.6 Å². The van der Waals surface area contributed by atoms with E-state index in [0.29, 0.717) is 17.1 Å². The van der Waals surface area contributed by atoms with Crippen LogP contribution in [0.2, 0.25) is 0 Å². The van der Waals surface area contributed by atoms with Gasteiger partial charge >= 0.3 is 0 Å². The van der Waals surface area contributed by atoms with Gasteiger partial charge in [0.25, 0.3) is 0 Å². The molecule has 0 radical (unpaired) electrons. The minimum atomic E-state index is -0.859. The average molecular weight is 308 g/mol. The number of halogens is 2. The predicted octanol–water partition coefficient (Wildman–Crippen LogP) is 2.93. The van der Waals surface area contributed by atoms with Gasteiger partial charge in [0.15, 0.2) is 11.6 Å². The van der Waals surface area contributed by atoms with Crippen molar-refractivity contribution in [3.8, 4) is 0 Å². The monoisotopic (exact) mass is 308 g/mol. The molecule has 120 valence electrons. The molecule has 0 bridgehead atoms. The molecule has 22 heavy (non-hydrogen) atoms. The number of rotatable bonds is 3. The molecule has 1 aliphatic rings. The Balaban J connectivity index is 1.80. The smallest absolute Gasteiger partial charge is 0.161 e. The molecular formula is C16H22F2N4. The molecule has 1 fully saturated rings. The van der Waals surface area contributed by atoms with Crippen LogP contribution in [0.15, 0.2) is 12.1 Å². The highest BCUT2D eigenvalue weighted by Crippen LogP contribution is 2.26. The molecular weight excluding hydrogens is 286 g/mol. The highest BCUT2D eigenvalue weighted by molar-refractivity contribution is 5.75. The Hall–Kier alpha value is -1.53. The van der Waals surface area contributed by atoms with E-state index in [4.69, 9.17) is 0 Å². The molecule has 1 saturated heterocycles. The summed E-state index contributed by atoms with van der Waals surface area (Å²) in [6, 6.07) is 2.90. The molecule has 2 aromatic rings. The van der Waals surface area contributed by atoms with Crippen LogP contribution in [0.5, 0.6) is 0 Å². The van der Waals surface area contributed by atoms with Crippen LogP contribution < -0.4 is 0 Å². The lowest BCUT2D eigenvalue weighted by molar-refractivity contribution is 0.111. The first-order valence-electron chi connectivity index (χ1n) is 7.71. The molecule has 1 N–H and O–H groups in total. The number of benzene rings is 1. The van der Waals surface area contributed by atoms with Crippen LogP contribution in [0, 0.1) is 11.6 Å². The number of likely N-dealkylation sites (tertiary alicyclic amines) is 1. The number of piperidine rings is 1. The fourth-order valence-corrected chi connectivity index (χ4v) is 3.13. The van der Waals surface area contributed by atoms with Crippen molar-refractivity contribution < 1.29 is 8.78 Å². The normalized spacial score (nSPS) is 19.2. The lowest BCUT2D eigenvalue weighted by atomic mass is 10.0. The number of hydrogen-bond acceptors (Lipinski definition) is 3. The van der Waals surface area contributed by atoms with E-state index in [1.165, 1.54) is 6.07 Å². The van der Waals surface area contributed by atoms with Gasteiger partial charge in [-0.05, 0) is 47.0 Å². The summed E-state index contributed by atoms with van der Waals surface area (Å²) >= 11 is 0. The van der Waals surface area contributed by atoms with Crippen molar-refractivity contribution in [2.75, 3.05) is 27.2 Å². The molecule has 0 spiro atoms. The predicted molar refractivity (Wildman–Crippen MR) is 82.7 cm³/mol. The highest BCUT2D eigenvalue weighted by Gasteiger charge is 2.26. The van der Waals surface area contributed by atoms with E-state index < -0.39 is 11.6 Å². The standard InChI is InChI=1S/C16H22F2N4/c1-10(22(3)11-4-6-21(2)7-5-11)16-19-14-8-12(17)13(18)9-15(14)20-16/h8-11H,4-7H2,1-3H3,(H,19,20). The third kappa shape index (κ3) is 2.85. The first kappa shape index (κ1) is 15.4. The largest absolute Gasteiger partial charge is 0.341 e. The van der Waals surface area contributed by atoms with Gasteiger partial charge in [-0.1, -0.05) is 0 Å². The zero-order valence-electron chi connectivity index (χ0n) is 13.2. The minimum absolute atomic E-state index is 0.0759. The van der Waals surface area contributed by atoms with Gasteiger partial charge in [0, 0.05) is 18.2 Å². The Kier molecular flexibility index (Phi) is 4.14. The van der Waals surface area contributed by atoms with Crippen LogP contribution in [0.3, 0.4) is 0 Å². The lowest BCUT2D eigenvalue weighted by Crippen LogP contribution is -2.43. The molecule has 3 rings (SSSR count). The van der Waals surface area contributed by atoms with Crippen LogP contribution in [-0.2, 0) is 0 Å². The number of hydrogen-bond donors (Lipinski definition) is 1. The lowest BCUT2D eigenvalue weighted by Gasteiger charge is -2.37. The van der Waals surface area contributed by atoms with Gasteiger partial charge in [-0.3, -0.25) is 4.90 Å². The van der Waals surface area contributed by atoms with E-state index >= 15 is 0 Å². The second kappa shape index (κ2) is 5.93. The van der Waals surface area contributed by atoms with E-state index in [2.05, 4.69) is 40.8 Å². The summed E-state index contributed by atoms with van der Waals surface area (Å²) in [7, 11) is 4.23. The van der Waals surface area contributed by atoms with E-state index in [9.17, 15) is 8.78 Å². The van der Waals surface area contributed by atoms with Gasteiger partial charge in [-0.25, -0.2) is 13.8 Å². The Morgan fingerprint density at radius 2 is 1.91 bits per heavy atom. The van der Waals surface area contributed by atoms with Gasteiger partial charge in [0.05, 0.1) is 17.1 Å². The zero-order chi connectivity index (χ0) is 15.9. The molecule has 2 heterocycles. The second-order valence-corrected chi connectivity index (χ2v) is 6.28. The number of H-pyrrole nitrogens is 1. The molecule has 4 nitrogen and oxygen atoms in total. The summed E-state index contributed by atoms with van der Waals surface area (Å²) in [6.07, 6.45) is 2.25. The summed E-state index contributed by atoms with van der Waals surface area (Å²) in [5.41, 5.74) is 1.01. The minimum Gasteiger partial charge on any atom is -0.341 e. The maximum Gasteiger partial charge on any atom is 0.161 e. The topological polar surface area (TPSA) is 35.2 Å². The SMILES string of the molecule is CC(c1nc2cc(F)c(F)cc2[nH]1)N(C)C1CCN(C)CC1. The fraction of sp³-hybridized carbons (Fsp3) is 0.562. The van der Waals surface area contributed by atoms with E-state index in [0.717, 1.165) is 37.8 Å². The van der Waals surface area contributed by atoms with Crippen molar-refractivity contribution in [2.45, 2.75) is 31.8 Å². The van der Waals surface area contributed by atoms with Gasteiger partial charge in [-0.15, -0.1) is 0 Å². The molecule has 1 unspecified atom stereocenters. The number of nitrogens with zero attached hydrogens (tertiary/aromatic N) is 3. The molecule has 0 aliphatic carbocycles. The van der Waals surface area contributed by atoms with Crippen molar-refractivity contribution in [3.05, 3.63) is 29.6 Å². The maximum atomic E-state index is 13.3. The fourth-order valence-electron chi connectivity index (χ4n) is 3.13. The molecule has 1 atom stereocenters. The third-order valence-corrected chi connectivity index (χ3v) is 4.81. The van der Waals surface area contributed by atoms with Crippen molar-refractivity contribution in [3.63, 3.8) is 0 Å². The molecule has 6 heteroatoms. The van der Waals surface area contributed by atoms with Crippen molar-refractivity contribution in [1.29, 1.82) is 0 Å². The van der Waals surface area contributed by atoms with Crippen LogP contribution >= 0.6 is 0 Å². The number of aromatic nitrogens is 2. The first-order chi connectivity index (χ1) is 10.5. The number of aromatic amines is 1. The summed E-state index contributed by atoms with van der Waals surface area (Å²) in [6.45, 7) is 4.26. The summed E-state index contributed by atoms with van der Waals surface area (Å²) in [4.78, 5) is 12.2. The van der Waals surface area contributed by atoms with Gasteiger partial charge in [0.1, 0.15) is 5.82 Å². The van der Waals surface area contributed by atoms with E-state index in [1.807, 2.05) is 0 Å². The Morgan fingerprint density at radius 1 is 1.27 bits per heavy atom. The molecule has 1 aliphatic heterocycles.